The first-order valence-corrected chi connectivity index (χ1v) is 5.71. The minimum Gasteiger partial charge on any atom is -0.444 e. The molecule has 1 amide bonds. The number of aliphatic hydroxyl groups is 1. The van der Waals surface area contributed by atoms with Gasteiger partial charge in [-0.05, 0) is 33.6 Å². The fraction of sp³-hybridized carbons (Fsp3) is 0.909. The van der Waals surface area contributed by atoms with E-state index in [0.29, 0.717) is 19.5 Å². The average Bonchev–Trinajstić information content (AvgIpc) is 2.27. The zero-order valence-corrected chi connectivity index (χ0v) is 10.3. The van der Waals surface area contributed by atoms with E-state index in [1.165, 1.54) is 0 Å². The summed E-state index contributed by atoms with van der Waals surface area (Å²) in [5.74, 6) is 0. The van der Waals surface area contributed by atoms with Crippen LogP contribution < -0.4 is 5.73 Å². The third-order valence-corrected chi connectivity index (χ3v) is 2.51. The molecule has 0 aromatic heterocycles. The number of amides is 1. The standard InChI is InChI=1S/C11H22N2O3/c1-11(2,3)16-10(15)13-6-4-5-9(14)8(12)7-13/h8-9,14H,4-7,12H2,1-3H3/t8-,9+/m1/s1. The van der Waals surface area contributed by atoms with Gasteiger partial charge in [-0.25, -0.2) is 4.79 Å². The first-order valence-electron chi connectivity index (χ1n) is 5.71. The molecule has 94 valence electrons. The molecule has 5 heteroatoms. The van der Waals surface area contributed by atoms with E-state index >= 15 is 0 Å². The van der Waals surface area contributed by atoms with Crippen LogP contribution in [0.2, 0.25) is 0 Å². The van der Waals surface area contributed by atoms with E-state index in [0.717, 1.165) is 6.42 Å². The summed E-state index contributed by atoms with van der Waals surface area (Å²) >= 11 is 0. The van der Waals surface area contributed by atoms with Crippen molar-refractivity contribution in [3.63, 3.8) is 0 Å². The van der Waals surface area contributed by atoms with Gasteiger partial charge in [-0.15, -0.1) is 0 Å². The molecule has 1 heterocycles. The molecule has 5 nitrogen and oxygen atoms in total. The maximum Gasteiger partial charge on any atom is 0.410 e. The van der Waals surface area contributed by atoms with Gasteiger partial charge in [-0.1, -0.05) is 0 Å². The molecule has 0 spiro atoms. The predicted molar refractivity (Wildman–Crippen MR) is 61.0 cm³/mol. The Morgan fingerprint density at radius 3 is 2.69 bits per heavy atom. The monoisotopic (exact) mass is 230 g/mol. The third-order valence-electron chi connectivity index (χ3n) is 2.51. The summed E-state index contributed by atoms with van der Waals surface area (Å²) in [5, 5.41) is 9.59. The van der Waals surface area contributed by atoms with Gasteiger partial charge in [-0.3, -0.25) is 0 Å². The molecule has 1 saturated heterocycles. The van der Waals surface area contributed by atoms with Crippen molar-refractivity contribution in [1.29, 1.82) is 0 Å². The average molecular weight is 230 g/mol. The van der Waals surface area contributed by atoms with Crippen molar-refractivity contribution in [2.45, 2.75) is 51.4 Å². The zero-order valence-electron chi connectivity index (χ0n) is 10.3. The third kappa shape index (κ3) is 3.98. The second kappa shape index (κ2) is 5.01. The van der Waals surface area contributed by atoms with Crippen LogP contribution in [0, 0.1) is 0 Å². The molecule has 0 unspecified atom stereocenters. The van der Waals surface area contributed by atoms with Gasteiger partial charge in [-0.2, -0.15) is 0 Å². The lowest BCUT2D eigenvalue weighted by Crippen LogP contribution is -2.46. The molecule has 0 radical (unpaired) electrons. The highest BCUT2D eigenvalue weighted by atomic mass is 16.6. The second-order valence-corrected chi connectivity index (χ2v) is 5.30. The Kier molecular flexibility index (Phi) is 4.15. The van der Waals surface area contributed by atoms with Crippen LogP contribution in [-0.2, 0) is 4.74 Å². The maximum absolute atomic E-state index is 11.8. The SMILES string of the molecule is CC(C)(C)OC(=O)N1CCC[C@H](O)[C@H](N)C1. The Bertz CT molecular complexity index is 250. The molecular formula is C11H22N2O3. The molecule has 0 aromatic carbocycles. The molecule has 3 N–H and O–H groups in total. The van der Waals surface area contributed by atoms with Gasteiger partial charge < -0.3 is 20.5 Å². The molecular weight excluding hydrogens is 208 g/mol. The van der Waals surface area contributed by atoms with Crippen LogP contribution in [0.25, 0.3) is 0 Å². The van der Waals surface area contributed by atoms with Gasteiger partial charge in [0.05, 0.1) is 6.10 Å². The fourth-order valence-corrected chi connectivity index (χ4v) is 1.67. The summed E-state index contributed by atoms with van der Waals surface area (Å²) in [6, 6.07) is -0.380. The van der Waals surface area contributed by atoms with Crippen molar-refractivity contribution < 1.29 is 14.6 Å². The molecule has 0 bridgehead atoms. The lowest BCUT2D eigenvalue weighted by atomic mass is 10.1. The number of hydrogen-bond donors (Lipinski definition) is 2. The van der Waals surface area contributed by atoms with Crippen molar-refractivity contribution >= 4 is 6.09 Å². The maximum atomic E-state index is 11.8. The smallest absolute Gasteiger partial charge is 0.410 e. The molecule has 2 atom stereocenters. The molecule has 0 saturated carbocycles. The largest absolute Gasteiger partial charge is 0.444 e. The quantitative estimate of drug-likeness (QED) is 0.642. The number of carbonyl (C=O) groups is 1. The predicted octanol–water partition coefficient (Wildman–Crippen LogP) is 0.706. The zero-order chi connectivity index (χ0) is 12.3. The van der Waals surface area contributed by atoms with Gasteiger partial charge in [0.1, 0.15) is 5.60 Å². The second-order valence-electron chi connectivity index (χ2n) is 5.30. The van der Waals surface area contributed by atoms with E-state index in [2.05, 4.69) is 0 Å². The van der Waals surface area contributed by atoms with E-state index in [9.17, 15) is 9.90 Å². The summed E-state index contributed by atoms with van der Waals surface area (Å²) in [7, 11) is 0. The summed E-state index contributed by atoms with van der Waals surface area (Å²) < 4.78 is 5.27. The highest BCUT2D eigenvalue weighted by Crippen LogP contribution is 2.14. The lowest BCUT2D eigenvalue weighted by molar-refractivity contribution is 0.0238. The normalized spacial score (nSPS) is 27.4. The number of rotatable bonds is 0. The van der Waals surface area contributed by atoms with Crippen LogP contribution >= 0.6 is 0 Å². The first-order chi connectivity index (χ1) is 7.29. The van der Waals surface area contributed by atoms with E-state index in [1.807, 2.05) is 20.8 Å². The van der Waals surface area contributed by atoms with E-state index < -0.39 is 11.7 Å². The van der Waals surface area contributed by atoms with E-state index in [4.69, 9.17) is 10.5 Å². The summed E-state index contributed by atoms with van der Waals surface area (Å²) in [4.78, 5) is 13.4. The first kappa shape index (κ1) is 13.3. The van der Waals surface area contributed by atoms with Crippen LogP contribution in [0.1, 0.15) is 33.6 Å². The number of ether oxygens (including phenoxy) is 1. The van der Waals surface area contributed by atoms with Gasteiger partial charge >= 0.3 is 6.09 Å². The van der Waals surface area contributed by atoms with Crippen molar-refractivity contribution in [2.24, 2.45) is 5.73 Å². The molecule has 1 rings (SSSR count). The van der Waals surface area contributed by atoms with E-state index in [1.54, 1.807) is 4.90 Å². The molecule has 1 fully saturated rings. The molecule has 16 heavy (non-hydrogen) atoms. The Balaban J connectivity index is 2.56. The summed E-state index contributed by atoms with van der Waals surface area (Å²) in [6.45, 7) is 6.45. The fourth-order valence-electron chi connectivity index (χ4n) is 1.67. The lowest BCUT2D eigenvalue weighted by Gasteiger charge is -2.27. The topological polar surface area (TPSA) is 75.8 Å². The summed E-state index contributed by atoms with van der Waals surface area (Å²) in [5.41, 5.74) is 5.28. The van der Waals surface area contributed by atoms with Gasteiger partial charge in [0.2, 0.25) is 0 Å². The Morgan fingerprint density at radius 2 is 2.12 bits per heavy atom. The van der Waals surface area contributed by atoms with Crippen molar-refractivity contribution in [1.82, 2.24) is 4.90 Å². The highest BCUT2D eigenvalue weighted by Gasteiger charge is 2.28. The van der Waals surface area contributed by atoms with Crippen LogP contribution in [0.15, 0.2) is 0 Å². The number of aliphatic hydroxyl groups excluding tert-OH is 1. The number of nitrogens with zero attached hydrogens (tertiary/aromatic N) is 1. The summed E-state index contributed by atoms with van der Waals surface area (Å²) in [6.07, 6.45) is 0.527. The Labute approximate surface area is 96.6 Å². The molecule has 0 aliphatic carbocycles. The van der Waals surface area contributed by atoms with Crippen LogP contribution in [-0.4, -0.2) is 46.9 Å². The highest BCUT2D eigenvalue weighted by molar-refractivity contribution is 5.68. The number of carbonyl (C=O) groups excluding carboxylic acids is 1. The van der Waals surface area contributed by atoms with Crippen LogP contribution in [0.3, 0.4) is 0 Å². The van der Waals surface area contributed by atoms with Crippen molar-refractivity contribution in [3.8, 4) is 0 Å². The minimum absolute atomic E-state index is 0.350. The number of likely N-dealkylation sites (tertiary alicyclic amines) is 1. The van der Waals surface area contributed by atoms with Gasteiger partial charge in [0.15, 0.2) is 0 Å². The Hall–Kier alpha value is -0.810. The Morgan fingerprint density at radius 1 is 1.50 bits per heavy atom. The van der Waals surface area contributed by atoms with Crippen LogP contribution in [0.5, 0.6) is 0 Å². The van der Waals surface area contributed by atoms with Crippen molar-refractivity contribution in [3.05, 3.63) is 0 Å². The van der Waals surface area contributed by atoms with E-state index in [-0.39, 0.29) is 12.1 Å². The number of hydrogen-bond acceptors (Lipinski definition) is 4. The van der Waals surface area contributed by atoms with Crippen LogP contribution in [0.4, 0.5) is 4.79 Å². The minimum atomic E-state index is -0.521. The van der Waals surface area contributed by atoms with Gasteiger partial charge in [0.25, 0.3) is 0 Å². The molecule has 1 aliphatic heterocycles. The van der Waals surface area contributed by atoms with Gasteiger partial charge in [0, 0.05) is 19.1 Å². The number of nitrogens with two attached hydrogens (primary N) is 1. The molecule has 1 aliphatic rings. The van der Waals surface area contributed by atoms with Crippen molar-refractivity contribution in [2.75, 3.05) is 13.1 Å². The molecule has 0 aromatic rings.